The summed E-state index contributed by atoms with van der Waals surface area (Å²) in [6, 6.07) is 0. The minimum absolute atomic E-state index is 0.00102. The van der Waals surface area contributed by atoms with Gasteiger partial charge in [0.05, 0.1) is 0 Å². The number of ketones is 3. The van der Waals surface area contributed by atoms with Crippen LogP contribution >= 0.6 is 0 Å². The average Bonchev–Trinajstić information content (AvgIpc) is 2.93. The van der Waals surface area contributed by atoms with Gasteiger partial charge < -0.3 is 5.11 Å². The summed E-state index contributed by atoms with van der Waals surface area (Å²) in [6.45, 7) is 3.34. The van der Waals surface area contributed by atoms with E-state index < -0.39 is 23.1 Å². The van der Waals surface area contributed by atoms with Crippen molar-refractivity contribution in [2.24, 2.45) is 34.5 Å². The zero-order chi connectivity index (χ0) is 18.9. The highest BCUT2D eigenvalue weighted by Gasteiger charge is 2.72. The standard InChI is InChI=1S/C21H29FO4/c1-19-10-18(26)21(22)15(14(19)5-6-16(19)17(25)11-23)4-3-12-9-13(24)7-8-20(12,21)2/h12,14-16,23H,3-11H2,1-2H3/t12?,14-,15-,16+,19-,20-,21-/m0/s1. The first kappa shape index (κ1) is 18.3. The molecular formula is C21H29FO4. The first-order chi connectivity index (χ1) is 12.2. The second-order valence-electron chi connectivity index (χ2n) is 9.72. The van der Waals surface area contributed by atoms with Crippen molar-refractivity contribution in [1.29, 1.82) is 0 Å². The van der Waals surface area contributed by atoms with Crippen LogP contribution in [0.5, 0.6) is 0 Å². The Morgan fingerprint density at radius 3 is 2.54 bits per heavy atom. The molecule has 1 unspecified atom stereocenters. The van der Waals surface area contributed by atoms with E-state index in [2.05, 4.69) is 0 Å². The molecule has 4 rings (SSSR count). The van der Waals surface area contributed by atoms with Crippen LogP contribution in [0.4, 0.5) is 4.39 Å². The van der Waals surface area contributed by atoms with E-state index in [1.165, 1.54) is 0 Å². The third-order valence-corrected chi connectivity index (χ3v) is 8.85. The predicted octanol–water partition coefficient (Wildman–Crippen LogP) is 3.05. The van der Waals surface area contributed by atoms with Gasteiger partial charge in [0.2, 0.25) is 0 Å². The van der Waals surface area contributed by atoms with Crippen LogP contribution in [0.1, 0.15) is 65.2 Å². The molecule has 7 atom stereocenters. The van der Waals surface area contributed by atoms with Gasteiger partial charge in [-0.15, -0.1) is 0 Å². The van der Waals surface area contributed by atoms with Crippen molar-refractivity contribution >= 4 is 17.3 Å². The number of halogens is 1. The molecule has 0 aromatic heterocycles. The summed E-state index contributed by atoms with van der Waals surface area (Å²) in [5, 5.41) is 9.33. The van der Waals surface area contributed by atoms with Crippen LogP contribution in [-0.4, -0.2) is 34.7 Å². The van der Waals surface area contributed by atoms with Crippen LogP contribution in [0.15, 0.2) is 0 Å². The minimum atomic E-state index is -1.88. The van der Waals surface area contributed by atoms with Gasteiger partial charge in [-0.25, -0.2) is 4.39 Å². The first-order valence-corrected chi connectivity index (χ1v) is 10.1. The summed E-state index contributed by atoms with van der Waals surface area (Å²) >= 11 is 0. The van der Waals surface area contributed by atoms with Crippen molar-refractivity contribution in [3.8, 4) is 0 Å². The highest BCUT2D eigenvalue weighted by atomic mass is 19.1. The van der Waals surface area contributed by atoms with E-state index in [0.29, 0.717) is 32.1 Å². The van der Waals surface area contributed by atoms with Gasteiger partial charge in [-0.05, 0) is 49.4 Å². The molecule has 4 fully saturated rings. The number of hydrogen-bond acceptors (Lipinski definition) is 4. The van der Waals surface area contributed by atoms with Crippen molar-refractivity contribution in [3.05, 3.63) is 0 Å². The Kier molecular flexibility index (Phi) is 4.00. The number of carbonyl (C=O) groups is 3. The van der Waals surface area contributed by atoms with Gasteiger partial charge in [-0.1, -0.05) is 13.8 Å². The molecule has 0 spiro atoms. The second kappa shape index (κ2) is 5.70. The van der Waals surface area contributed by atoms with E-state index in [1.807, 2.05) is 13.8 Å². The van der Waals surface area contributed by atoms with E-state index in [4.69, 9.17) is 0 Å². The summed E-state index contributed by atoms with van der Waals surface area (Å²) in [7, 11) is 0. The third kappa shape index (κ3) is 2.07. The highest BCUT2D eigenvalue weighted by Crippen LogP contribution is 2.69. The molecule has 144 valence electrons. The predicted molar refractivity (Wildman–Crippen MR) is 93.1 cm³/mol. The van der Waals surface area contributed by atoms with E-state index >= 15 is 4.39 Å². The maximum absolute atomic E-state index is 16.7. The molecule has 0 amide bonds. The number of carbonyl (C=O) groups excluding carboxylic acids is 3. The van der Waals surface area contributed by atoms with Crippen molar-refractivity contribution < 1.29 is 23.9 Å². The molecule has 5 heteroatoms. The summed E-state index contributed by atoms with van der Waals surface area (Å²) in [5.41, 5.74) is -3.18. The first-order valence-electron chi connectivity index (χ1n) is 10.1. The molecule has 4 nitrogen and oxygen atoms in total. The Morgan fingerprint density at radius 2 is 1.85 bits per heavy atom. The minimum Gasteiger partial charge on any atom is -0.389 e. The number of hydrogen-bond donors (Lipinski definition) is 1. The fraction of sp³-hybridized carbons (Fsp3) is 0.857. The second-order valence-corrected chi connectivity index (χ2v) is 9.72. The molecule has 0 saturated heterocycles. The Hall–Kier alpha value is -1.10. The molecule has 26 heavy (non-hydrogen) atoms. The fourth-order valence-electron chi connectivity index (χ4n) is 7.40. The molecule has 0 bridgehead atoms. The van der Waals surface area contributed by atoms with Gasteiger partial charge in [0.25, 0.3) is 0 Å². The van der Waals surface area contributed by atoms with E-state index in [-0.39, 0.29) is 47.4 Å². The van der Waals surface area contributed by atoms with Gasteiger partial charge in [0.1, 0.15) is 12.4 Å². The molecule has 1 N–H and O–H groups in total. The number of rotatable bonds is 2. The Bertz CT molecular complexity index is 675. The average molecular weight is 364 g/mol. The maximum Gasteiger partial charge on any atom is 0.177 e. The van der Waals surface area contributed by atoms with Crippen molar-refractivity contribution in [2.75, 3.05) is 6.61 Å². The largest absolute Gasteiger partial charge is 0.389 e. The van der Waals surface area contributed by atoms with Gasteiger partial charge >= 0.3 is 0 Å². The Balaban J connectivity index is 1.74. The lowest BCUT2D eigenvalue weighted by molar-refractivity contribution is -0.196. The van der Waals surface area contributed by atoms with Crippen LogP contribution in [-0.2, 0) is 14.4 Å². The third-order valence-electron chi connectivity index (χ3n) is 8.85. The summed E-state index contributed by atoms with van der Waals surface area (Å²) in [4.78, 5) is 37.4. The Labute approximate surface area is 153 Å². The molecule has 0 radical (unpaired) electrons. The quantitative estimate of drug-likeness (QED) is 0.817. The molecular weight excluding hydrogens is 335 g/mol. The number of Topliss-reactive ketones (excluding diaryl/α,β-unsaturated/α-hetero) is 3. The van der Waals surface area contributed by atoms with Gasteiger partial charge in [-0.2, -0.15) is 0 Å². The lowest BCUT2D eigenvalue weighted by Crippen LogP contribution is -2.67. The highest BCUT2D eigenvalue weighted by molar-refractivity contribution is 5.93. The van der Waals surface area contributed by atoms with Crippen molar-refractivity contribution in [1.82, 2.24) is 0 Å². The molecule has 4 aliphatic carbocycles. The molecule has 0 aromatic carbocycles. The van der Waals surface area contributed by atoms with Gasteiger partial charge in [0.15, 0.2) is 17.2 Å². The zero-order valence-electron chi connectivity index (χ0n) is 15.7. The molecule has 0 aliphatic heterocycles. The van der Waals surface area contributed by atoms with Crippen LogP contribution in [0, 0.1) is 34.5 Å². The van der Waals surface area contributed by atoms with Crippen LogP contribution in [0.25, 0.3) is 0 Å². The van der Waals surface area contributed by atoms with Gasteiger partial charge in [-0.3, -0.25) is 14.4 Å². The lowest BCUT2D eigenvalue weighted by Gasteiger charge is -2.62. The normalized spacial score (nSPS) is 50.8. The molecule has 0 aromatic rings. The SMILES string of the molecule is C[C@]12CC(=O)[C@@]3(F)[C@@H](CCC4CC(=O)CC[C@@]43C)[C@@H]1CC[C@@H]2C(=O)CO. The van der Waals surface area contributed by atoms with E-state index in [9.17, 15) is 19.5 Å². The van der Waals surface area contributed by atoms with Crippen LogP contribution in [0.2, 0.25) is 0 Å². The van der Waals surface area contributed by atoms with E-state index in [0.717, 1.165) is 12.8 Å². The topological polar surface area (TPSA) is 71.4 Å². The van der Waals surface area contributed by atoms with Crippen LogP contribution in [0.3, 0.4) is 0 Å². The molecule has 0 heterocycles. The number of aliphatic hydroxyl groups excluding tert-OH is 1. The summed E-state index contributed by atoms with van der Waals surface area (Å²) in [6.07, 6.45) is 4.10. The monoisotopic (exact) mass is 364 g/mol. The summed E-state index contributed by atoms with van der Waals surface area (Å²) < 4.78 is 16.7. The number of aliphatic hydroxyl groups is 1. The fourth-order valence-corrected chi connectivity index (χ4v) is 7.40. The maximum atomic E-state index is 16.7. The Morgan fingerprint density at radius 1 is 1.15 bits per heavy atom. The zero-order valence-corrected chi connectivity index (χ0v) is 15.7. The van der Waals surface area contributed by atoms with Gasteiger partial charge in [0, 0.05) is 36.5 Å². The number of fused-ring (bicyclic) bond motifs is 5. The van der Waals surface area contributed by atoms with Crippen molar-refractivity contribution in [2.45, 2.75) is 70.9 Å². The smallest absolute Gasteiger partial charge is 0.177 e. The lowest BCUT2D eigenvalue weighted by atomic mass is 9.43. The molecule has 4 saturated carbocycles. The molecule has 4 aliphatic rings. The van der Waals surface area contributed by atoms with E-state index in [1.54, 1.807) is 0 Å². The van der Waals surface area contributed by atoms with Crippen molar-refractivity contribution in [3.63, 3.8) is 0 Å². The summed E-state index contributed by atoms with van der Waals surface area (Å²) in [5.74, 6) is -1.13. The van der Waals surface area contributed by atoms with Crippen LogP contribution < -0.4 is 0 Å². The number of alkyl halides is 1.